The lowest BCUT2D eigenvalue weighted by Crippen LogP contribution is -2.10. The van der Waals surface area contributed by atoms with E-state index in [1.807, 2.05) is 0 Å². The quantitative estimate of drug-likeness (QED) is 0.275. The fourth-order valence-electron chi connectivity index (χ4n) is 4.74. The van der Waals surface area contributed by atoms with E-state index in [-0.39, 0.29) is 0 Å². The van der Waals surface area contributed by atoms with Crippen LogP contribution in [0, 0.1) is 6.92 Å². The van der Waals surface area contributed by atoms with Crippen molar-refractivity contribution >= 4 is 38.9 Å². The van der Waals surface area contributed by atoms with E-state index in [0.717, 1.165) is 11.4 Å². The summed E-state index contributed by atoms with van der Waals surface area (Å²) in [5.74, 6) is 0. The summed E-state index contributed by atoms with van der Waals surface area (Å²) in [7, 11) is 0. The lowest BCUT2D eigenvalue weighted by molar-refractivity contribution is 1.18. The molecule has 0 unspecified atom stereocenters. The molecule has 158 valence electrons. The highest BCUT2D eigenvalue weighted by molar-refractivity contribution is 6.16. The molecule has 0 saturated heterocycles. The largest absolute Gasteiger partial charge is 0.310 e. The summed E-state index contributed by atoms with van der Waals surface area (Å²) in [5.41, 5.74) is 8.30. The van der Waals surface area contributed by atoms with E-state index in [9.17, 15) is 0 Å². The van der Waals surface area contributed by atoms with Crippen molar-refractivity contribution in [3.05, 3.63) is 133 Å². The number of aromatic nitrogens is 1. The Morgan fingerprint density at radius 2 is 1.12 bits per heavy atom. The molecule has 1 aromatic heterocycles. The van der Waals surface area contributed by atoms with Crippen molar-refractivity contribution in [1.29, 1.82) is 0 Å². The smallest absolute Gasteiger partial charge is 0.0562 e. The molecule has 0 aliphatic rings. The number of hydrogen-bond donors (Lipinski definition) is 0. The zero-order valence-corrected chi connectivity index (χ0v) is 18.5. The van der Waals surface area contributed by atoms with Crippen molar-refractivity contribution in [1.82, 2.24) is 4.57 Å². The molecule has 0 aliphatic heterocycles. The molecule has 0 amide bonds. The third kappa shape index (κ3) is 3.28. The first-order valence-corrected chi connectivity index (χ1v) is 11.3. The minimum Gasteiger partial charge on any atom is -0.310 e. The molecule has 0 fully saturated rings. The van der Waals surface area contributed by atoms with Crippen molar-refractivity contribution < 1.29 is 0 Å². The highest BCUT2D eigenvalue weighted by Gasteiger charge is 2.20. The lowest BCUT2D eigenvalue weighted by atomic mass is 10.1. The van der Waals surface area contributed by atoms with Crippen LogP contribution in [0.3, 0.4) is 0 Å². The van der Waals surface area contributed by atoms with Crippen LogP contribution in [0.4, 0.5) is 17.1 Å². The summed E-state index contributed by atoms with van der Waals surface area (Å²) < 4.78 is 2.37. The summed E-state index contributed by atoms with van der Waals surface area (Å²) in [6.07, 6.45) is 0. The maximum absolute atomic E-state index is 2.37. The average Bonchev–Trinajstić information content (AvgIpc) is 3.22. The number of aryl methyl sites for hydroxylation is 1. The van der Waals surface area contributed by atoms with Crippen LogP contribution in [0.25, 0.3) is 27.5 Å². The van der Waals surface area contributed by atoms with Crippen LogP contribution >= 0.6 is 0 Å². The molecule has 0 spiro atoms. The molecule has 6 rings (SSSR count). The number of rotatable bonds is 4. The van der Waals surface area contributed by atoms with Crippen LogP contribution in [-0.4, -0.2) is 4.57 Å². The SMILES string of the molecule is Cc1ccc(N(c2ccccc2)c2cccc3c2c2ccccc2n3-c2ccccc2)cc1. The van der Waals surface area contributed by atoms with Gasteiger partial charge in [-0.3, -0.25) is 0 Å². The second-order valence-corrected chi connectivity index (χ2v) is 8.37. The molecule has 0 bridgehead atoms. The second-order valence-electron chi connectivity index (χ2n) is 8.37. The minimum absolute atomic E-state index is 1.14. The topological polar surface area (TPSA) is 8.17 Å². The highest BCUT2D eigenvalue weighted by atomic mass is 15.1. The Hall–Kier alpha value is -4.30. The number of fused-ring (bicyclic) bond motifs is 3. The van der Waals surface area contributed by atoms with Crippen molar-refractivity contribution in [3.63, 3.8) is 0 Å². The molecule has 1 heterocycles. The average molecular weight is 425 g/mol. The third-order valence-corrected chi connectivity index (χ3v) is 6.24. The van der Waals surface area contributed by atoms with Gasteiger partial charge in [0.15, 0.2) is 0 Å². The molecule has 0 atom stereocenters. The van der Waals surface area contributed by atoms with Crippen molar-refractivity contribution in [2.45, 2.75) is 6.92 Å². The van der Waals surface area contributed by atoms with Gasteiger partial charge in [-0.05, 0) is 61.5 Å². The highest BCUT2D eigenvalue weighted by Crippen LogP contribution is 2.43. The lowest BCUT2D eigenvalue weighted by Gasteiger charge is -2.26. The Kier molecular flexibility index (Phi) is 4.70. The number of anilines is 3. The van der Waals surface area contributed by atoms with E-state index < -0.39 is 0 Å². The monoisotopic (exact) mass is 424 g/mol. The molecule has 2 heteroatoms. The van der Waals surface area contributed by atoms with Crippen LogP contribution < -0.4 is 4.90 Å². The minimum atomic E-state index is 1.14. The van der Waals surface area contributed by atoms with Gasteiger partial charge < -0.3 is 9.47 Å². The van der Waals surface area contributed by atoms with Gasteiger partial charge in [-0.2, -0.15) is 0 Å². The fraction of sp³-hybridized carbons (Fsp3) is 0.0323. The fourth-order valence-corrected chi connectivity index (χ4v) is 4.74. The summed E-state index contributed by atoms with van der Waals surface area (Å²) in [5, 5.41) is 2.50. The molecular formula is C31H24N2. The van der Waals surface area contributed by atoms with Crippen LogP contribution in [0.1, 0.15) is 5.56 Å². The van der Waals surface area contributed by atoms with E-state index in [1.54, 1.807) is 0 Å². The van der Waals surface area contributed by atoms with Gasteiger partial charge in [-0.15, -0.1) is 0 Å². The molecule has 2 nitrogen and oxygen atoms in total. The van der Waals surface area contributed by atoms with Crippen molar-refractivity contribution in [2.24, 2.45) is 0 Å². The Bertz CT molecular complexity index is 1550. The molecule has 0 saturated carbocycles. The van der Waals surface area contributed by atoms with Crippen molar-refractivity contribution in [2.75, 3.05) is 4.90 Å². The van der Waals surface area contributed by atoms with Gasteiger partial charge in [0.25, 0.3) is 0 Å². The van der Waals surface area contributed by atoms with E-state index >= 15 is 0 Å². The van der Waals surface area contributed by atoms with Gasteiger partial charge in [-0.25, -0.2) is 0 Å². The number of benzene rings is 5. The number of hydrogen-bond acceptors (Lipinski definition) is 1. The maximum atomic E-state index is 2.37. The molecule has 33 heavy (non-hydrogen) atoms. The predicted octanol–water partition coefficient (Wildman–Crippen LogP) is 8.56. The summed E-state index contributed by atoms with van der Waals surface area (Å²) in [6.45, 7) is 2.13. The molecule has 0 radical (unpaired) electrons. The van der Waals surface area contributed by atoms with E-state index in [2.05, 4.69) is 144 Å². The summed E-state index contributed by atoms with van der Waals surface area (Å²) in [4.78, 5) is 2.36. The zero-order chi connectivity index (χ0) is 22.2. The van der Waals surface area contributed by atoms with Crippen LogP contribution in [0.15, 0.2) is 127 Å². The molecule has 0 aliphatic carbocycles. The van der Waals surface area contributed by atoms with Crippen molar-refractivity contribution in [3.8, 4) is 5.69 Å². The standard InChI is InChI=1S/C31H24N2/c1-23-19-21-26(22-20-23)32(24-11-4-2-5-12-24)29-17-10-18-30-31(29)27-15-8-9-16-28(27)33(30)25-13-6-3-7-14-25/h2-22H,1H3. The van der Waals surface area contributed by atoms with Gasteiger partial charge in [-0.1, -0.05) is 78.4 Å². The predicted molar refractivity (Wildman–Crippen MR) is 140 cm³/mol. The van der Waals surface area contributed by atoms with Gasteiger partial charge in [0, 0.05) is 27.8 Å². The maximum Gasteiger partial charge on any atom is 0.0562 e. The van der Waals surface area contributed by atoms with E-state index in [0.29, 0.717) is 0 Å². The Morgan fingerprint density at radius 1 is 0.515 bits per heavy atom. The first-order valence-electron chi connectivity index (χ1n) is 11.3. The zero-order valence-electron chi connectivity index (χ0n) is 18.5. The second kappa shape index (κ2) is 7.99. The van der Waals surface area contributed by atoms with E-state index in [4.69, 9.17) is 0 Å². The first-order chi connectivity index (χ1) is 16.3. The van der Waals surface area contributed by atoms with E-state index in [1.165, 1.54) is 38.7 Å². The number of para-hydroxylation sites is 3. The van der Waals surface area contributed by atoms with Crippen LogP contribution in [-0.2, 0) is 0 Å². The summed E-state index contributed by atoms with van der Waals surface area (Å²) in [6, 6.07) is 45.3. The first kappa shape index (κ1) is 19.4. The summed E-state index contributed by atoms with van der Waals surface area (Å²) >= 11 is 0. The molecule has 0 N–H and O–H groups in total. The van der Waals surface area contributed by atoms with Crippen LogP contribution in [0.5, 0.6) is 0 Å². The van der Waals surface area contributed by atoms with Gasteiger partial charge in [0.1, 0.15) is 0 Å². The molecule has 5 aromatic carbocycles. The van der Waals surface area contributed by atoms with Gasteiger partial charge in [0.05, 0.1) is 16.7 Å². The third-order valence-electron chi connectivity index (χ3n) is 6.24. The Balaban J connectivity index is 1.71. The molecule has 6 aromatic rings. The Morgan fingerprint density at radius 3 is 1.88 bits per heavy atom. The normalized spacial score (nSPS) is 11.2. The Labute approximate surface area is 194 Å². The van der Waals surface area contributed by atoms with Crippen LogP contribution in [0.2, 0.25) is 0 Å². The van der Waals surface area contributed by atoms with Gasteiger partial charge >= 0.3 is 0 Å². The van der Waals surface area contributed by atoms with Gasteiger partial charge in [0.2, 0.25) is 0 Å². The molecular weight excluding hydrogens is 400 g/mol. The number of nitrogens with zero attached hydrogens (tertiary/aromatic N) is 2.